The van der Waals surface area contributed by atoms with Crippen LogP contribution in [0.3, 0.4) is 0 Å². The van der Waals surface area contributed by atoms with E-state index in [1.165, 1.54) is 7.11 Å². The van der Waals surface area contributed by atoms with E-state index >= 15 is 0 Å². The molecule has 0 saturated carbocycles. The van der Waals surface area contributed by atoms with Crippen LogP contribution in [0.25, 0.3) is 11.0 Å². The van der Waals surface area contributed by atoms with Crippen molar-refractivity contribution in [3.8, 4) is 11.5 Å². The number of Topliss-reactive ketones (excluding diaryl/α,β-unsaturated/α-hetero) is 1. The SMILES string of the molecule is COc1cc2c(c3oc(=O)c4c(c13)CCC4=O)[C@@]1(O)[C@@H](OC[C@H]1O)O2. The molecule has 0 radical (unpaired) electrons. The van der Waals surface area contributed by atoms with Crippen molar-refractivity contribution >= 4 is 16.8 Å². The van der Waals surface area contributed by atoms with Crippen LogP contribution < -0.4 is 15.1 Å². The first-order chi connectivity index (χ1) is 12.0. The minimum atomic E-state index is -1.85. The standard InChI is InChI=1S/C17H14O8/c1-22-8-4-9-13(17(21)10(19)5-23-16(17)24-9)14-12(8)6-2-3-7(18)11(6)15(20)25-14/h4,10,16,19,21H,2-3,5H2,1H3/t10-,16+,17-/m1/s1. The molecule has 8 heteroatoms. The second kappa shape index (κ2) is 4.60. The molecule has 1 aliphatic carbocycles. The molecule has 1 saturated heterocycles. The van der Waals surface area contributed by atoms with Gasteiger partial charge in [-0.3, -0.25) is 4.79 Å². The number of methoxy groups -OCH3 is 1. The first kappa shape index (κ1) is 14.9. The Morgan fingerprint density at radius 3 is 2.88 bits per heavy atom. The summed E-state index contributed by atoms with van der Waals surface area (Å²) in [5.74, 6) is 0.301. The highest BCUT2D eigenvalue weighted by atomic mass is 16.7. The number of aryl methyl sites for hydroxylation is 1. The maximum atomic E-state index is 12.4. The molecule has 1 aromatic carbocycles. The lowest BCUT2D eigenvalue weighted by Crippen LogP contribution is -2.42. The second-order valence-electron chi connectivity index (χ2n) is 6.45. The van der Waals surface area contributed by atoms with Crippen LogP contribution in [0.4, 0.5) is 0 Å². The van der Waals surface area contributed by atoms with Crippen molar-refractivity contribution in [2.24, 2.45) is 0 Å². The van der Waals surface area contributed by atoms with Crippen molar-refractivity contribution in [1.82, 2.24) is 0 Å². The molecule has 0 bridgehead atoms. The van der Waals surface area contributed by atoms with E-state index in [2.05, 4.69) is 0 Å². The number of aliphatic hydroxyl groups excluding tert-OH is 1. The summed E-state index contributed by atoms with van der Waals surface area (Å²) in [5.41, 5.74) is -1.85. The highest BCUT2D eigenvalue weighted by Crippen LogP contribution is 2.53. The van der Waals surface area contributed by atoms with Gasteiger partial charge in [-0.05, 0) is 12.0 Å². The van der Waals surface area contributed by atoms with Gasteiger partial charge in [0, 0.05) is 12.5 Å². The normalized spacial score (nSPS) is 29.5. The number of rotatable bonds is 1. The molecule has 3 aliphatic rings. The van der Waals surface area contributed by atoms with Crippen LogP contribution in [0, 0.1) is 0 Å². The zero-order chi connectivity index (χ0) is 17.5. The summed E-state index contributed by atoms with van der Waals surface area (Å²) in [6.07, 6.45) is -1.74. The van der Waals surface area contributed by atoms with E-state index in [4.69, 9.17) is 18.6 Å². The molecule has 130 valence electrons. The van der Waals surface area contributed by atoms with E-state index in [0.717, 1.165) is 0 Å². The Morgan fingerprint density at radius 1 is 1.32 bits per heavy atom. The summed E-state index contributed by atoms with van der Waals surface area (Å²) in [6.45, 7) is -0.109. The van der Waals surface area contributed by atoms with Crippen LogP contribution in [0.2, 0.25) is 0 Å². The van der Waals surface area contributed by atoms with Crippen molar-refractivity contribution in [1.29, 1.82) is 0 Å². The number of hydrogen-bond acceptors (Lipinski definition) is 8. The second-order valence-corrected chi connectivity index (χ2v) is 6.45. The number of ether oxygens (including phenoxy) is 3. The van der Waals surface area contributed by atoms with Gasteiger partial charge in [-0.2, -0.15) is 0 Å². The van der Waals surface area contributed by atoms with Crippen molar-refractivity contribution in [3.63, 3.8) is 0 Å². The largest absolute Gasteiger partial charge is 0.496 e. The topological polar surface area (TPSA) is 115 Å². The average molecular weight is 346 g/mol. The maximum absolute atomic E-state index is 12.4. The van der Waals surface area contributed by atoms with Gasteiger partial charge in [0.05, 0.1) is 24.7 Å². The van der Waals surface area contributed by atoms with Gasteiger partial charge in [0.2, 0.25) is 6.29 Å². The van der Waals surface area contributed by atoms with Crippen molar-refractivity contribution in [3.05, 3.63) is 33.2 Å². The Hall–Kier alpha value is -2.42. The molecule has 1 aromatic heterocycles. The van der Waals surface area contributed by atoms with Crippen LogP contribution in [0.5, 0.6) is 11.5 Å². The monoisotopic (exact) mass is 346 g/mol. The van der Waals surface area contributed by atoms with Gasteiger partial charge < -0.3 is 28.8 Å². The summed E-state index contributed by atoms with van der Waals surface area (Å²) >= 11 is 0. The third kappa shape index (κ3) is 1.61. The Bertz CT molecular complexity index is 1010. The van der Waals surface area contributed by atoms with E-state index in [0.29, 0.717) is 23.1 Å². The maximum Gasteiger partial charge on any atom is 0.347 e. The molecule has 25 heavy (non-hydrogen) atoms. The van der Waals surface area contributed by atoms with Crippen LogP contribution >= 0.6 is 0 Å². The van der Waals surface area contributed by atoms with Crippen LogP contribution in [0.1, 0.15) is 27.9 Å². The van der Waals surface area contributed by atoms with Crippen molar-refractivity contribution < 1.29 is 33.6 Å². The molecule has 2 aromatic rings. The van der Waals surface area contributed by atoms with Gasteiger partial charge in [0.15, 0.2) is 17.0 Å². The zero-order valence-corrected chi connectivity index (χ0v) is 13.2. The Kier molecular flexibility index (Phi) is 2.74. The predicted octanol–water partition coefficient (Wildman–Crippen LogP) is 0.228. The van der Waals surface area contributed by atoms with Gasteiger partial charge in [0.1, 0.15) is 23.2 Å². The van der Waals surface area contributed by atoms with E-state index in [9.17, 15) is 19.8 Å². The minimum absolute atomic E-state index is 0.0245. The fraction of sp³-hybridized carbons (Fsp3) is 0.412. The minimum Gasteiger partial charge on any atom is -0.496 e. The molecule has 2 N–H and O–H groups in total. The number of ketones is 1. The Labute approximate surface area is 140 Å². The van der Waals surface area contributed by atoms with E-state index in [1.54, 1.807) is 6.07 Å². The van der Waals surface area contributed by atoms with Gasteiger partial charge >= 0.3 is 5.63 Å². The van der Waals surface area contributed by atoms with E-state index in [-0.39, 0.29) is 41.3 Å². The summed E-state index contributed by atoms with van der Waals surface area (Å²) < 4.78 is 21.7. The molecule has 0 amide bonds. The lowest BCUT2D eigenvalue weighted by molar-refractivity contribution is -0.139. The van der Waals surface area contributed by atoms with Crippen molar-refractivity contribution in [2.45, 2.75) is 30.8 Å². The van der Waals surface area contributed by atoms with Gasteiger partial charge in [-0.15, -0.1) is 0 Å². The summed E-state index contributed by atoms with van der Waals surface area (Å²) in [7, 11) is 1.45. The lowest BCUT2D eigenvalue weighted by Gasteiger charge is -2.23. The fourth-order valence-corrected chi connectivity index (χ4v) is 4.03. The first-order valence-electron chi connectivity index (χ1n) is 7.89. The van der Waals surface area contributed by atoms with Crippen LogP contribution in [0.15, 0.2) is 15.3 Å². The molecule has 5 rings (SSSR count). The van der Waals surface area contributed by atoms with Gasteiger partial charge in [-0.1, -0.05) is 0 Å². The number of aliphatic hydroxyl groups is 2. The third-order valence-electron chi connectivity index (χ3n) is 5.22. The zero-order valence-electron chi connectivity index (χ0n) is 13.2. The molecule has 0 unspecified atom stereocenters. The molecule has 2 aliphatic heterocycles. The average Bonchev–Trinajstić information content (AvgIpc) is 3.19. The molecule has 8 nitrogen and oxygen atoms in total. The Morgan fingerprint density at radius 2 is 2.12 bits per heavy atom. The summed E-state index contributed by atoms with van der Waals surface area (Å²) in [4.78, 5) is 24.4. The molecule has 1 fully saturated rings. The van der Waals surface area contributed by atoms with E-state index in [1.807, 2.05) is 0 Å². The molecule has 3 atom stereocenters. The molecular weight excluding hydrogens is 332 g/mol. The van der Waals surface area contributed by atoms with Gasteiger partial charge in [0.25, 0.3) is 0 Å². The summed E-state index contributed by atoms with van der Waals surface area (Å²) in [5, 5.41) is 21.7. The number of carbonyl (C=O) groups is 1. The number of hydrogen-bond donors (Lipinski definition) is 2. The molecule has 3 heterocycles. The molecular formula is C17H14O8. The quantitative estimate of drug-likeness (QED) is 0.705. The van der Waals surface area contributed by atoms with Gasteiger partial charge in [-0.25, -0.2) is 4.79 Å². The molecule has 0 spiro atoms. The fourth-order valence-electron chi connectivity index (χ4n) is 4.03. The summed E-state index contributed by atoms with van der Waals surface area (Å²) in [6, 6.07) is 1.55. The van der Waals surface area contributed by atoms with Crippen LogP contribution in [-0.4, -0.2) is 42.1 Å². The smallest absolute Gasteiger partial charge is 0.347 e. The Balaban J connectivity index is 1.95. The lowest BCUT2D eigenvalue weighted by atomic mass is 9.88. The highest BCUT2D eigenvalue weighted by Gasteiger charge is 2.60. The number of benzene rings is 1. The van der Waals surface area contributed by atoms with Crippen LogP contribution in [-0.2, 0) is 16.8 Å². The third-order valence-corrected chi connectivity index (χ3v) is 5.22. The highest BCUT2D eigenvalue weighted by molar-refractivity contribution is 6.06. The number of fused-ring (bicyclic) bond motifs is 7. The van der Waals surface area contributed by atoms with E-state index < -0.39 is 23.6 Å². The predicted molar refractivity (Wildman–Crippen MR) is 82.0 cm³/mol. The first-order valence-corrected chi connectivity index (χ1v) is 7.89. The van der Waals surface area contributed by atoms with Crippen molar-refractivity contribution in [2.75, 3.05) is 13.7 Å². The number of carbonyl (C=O) groups excluding carboxylic acids is 1.